The largest absolute Gasteiger partial charge is 0.261 e. The van der Waals surface area contributed by atoms with Gasteiger partial charge in [0.25, 0.3) is 0 Å². The van der Waals surface area contributed by atoms with Gasteiger partial charge >= 0.3 is 0 Å². The Kier molecular flexibility index (Phi) is 2.04. The fourth-order valence-electron chi connectivity index (χ4n) is 1.47. The Labute approximate surface area is 81.8 Å². The Morgan fingerprint density at radius 3 is 2.85 bits per heavy atom. The van der Waals surface area contributed by atoms with Gasteiger partial charge in [-0.3, -0.25) is 4.98 Å². The molecule has 2 aromatic heterocycles. The molecule has 0 radical (unpaired) electrons. The van der Waals surface area contributed by atoms with E-state index < -0.39 is 0 Å². The number of rotatable bonds is 1. The molecule has 0 aliphatic carbocycles. The quantitative estimate of drug-likeness (QED) is 0.693. The molecule has 0 bridgehead atoms. The van der Waals surface area contributed by atoms with Crippen LogP contribution >= 0.6 is 11.5 Å². The summed E-state index contributed by atoms with van der Waals surface area (Å²) in [7, 11) is 0. The lowest BCUT2D eigenvalue weighted by molar-refractivity contribution is 0.848. The molecule has 2 aromatic rings. The van der Waals surface area contributed by atoms with Crippen molar-refractivity contribution in [3.8, 4) is 0 Å². The first-order valence-electron chi connectivity index (χ1n) is 4.41. The van der Waals surface area contributed by atoms with E-state index >= 15 is 0 Å². The second-order valence-corrected chi connectivity index (χ2v) is 4.30. The first kappa shape index (κ1) is 8.63. The minimum atomic E-state index is 0.483. The lowest BCUT2D eigenvalue weighted by atomic mass is 10.1. The zero-order chi connectivity index (χ0) is 9.42. The Morgan fingerprint density at radius 1 is 1.38 bits per heavy atom. The van der Waals surface area contributed by atoms with Gasteiger partial charge in [-0.05, 0) is 30.4 Å². The van der Waals surface area contributed by atoms with E-state index in [0.717, 1.165) is 5.69 Å². The number of aryl methyl sites for hydroxylation is 1. The Balaban J connectivity index is 2.79. The molecule has 13 heavy (non-hydrogen) atoms. The van der Waals surface area contributed by atoms with Crippen molar-refractivity contribution in [3.63, 3.8) is 0 Å². The summed E-state index contributed by atoms with van der Waals surface area (Å²) < 4.78 is 5.70. The molecule has 0 amide bonds. The molecule has 0 atom stereocenters. The monoisotopic (exact) mass is 192 g/mol. The number of aromatic nitrogens is 2. The molecule has 0 aliphatic rings. The Bertz CT molecular complexity index is 431. The second-order valence-electron chi connectivity index (χ2n) is 3.49. The van der Waals surface area contributed by atoms with Crippen molar-refractivity contribution < 1.29 is 0 Å². The molecule has 68 valence electrons. The molecule has 0 aromatic carbocycles. The molecule has 3 heteroatoms. The maximum Gasteiger partial charge on any atom is 0.0664 e. The van der Waals surface area contributed by atoms with Crippen molar-refractivity contribution in [2.75, 3.05) is 0 Å². The number of nitrogens with zero attached hydrogens (tertiary/aromatic N) is 2. The fraction of sp³-hybridized carbons (Fsp3) is 0.400. The lowest BCUT2D eigenvalue weighted by Crippen LogP contribution is -1.90. The van der Waals surface area contributed by atoms with Gasteiger partial charge in [-0.2, -0.15) is 4.37 Å². The average Bonchev–Trinajstić information content (AvgIpc) is 2.49. The highest BCUT2D eigenvalue weighted by Crippen LogP contribution is 2.29. The van der Waals surface area contributed by atoms with E-state index in [9.17, 15) is 0 Å². The summed E-state index contributed by atoms with van der Waals surface area (Å²) >= 11 is 1.57. The van der Waals surface area contributed by atoms with Crippen LogP contribution in [0.4, 0.5) is 0 Å². The van der Waals surface area contributed by atoms with Crippen LogP contribution in [0.25, 0.3) is 10.1 Å². The van der Waals surface area contributed by atoms with E-state index in [4.69, 9.17) is 0 Å². The molecule has 2 rings (SSSR count). The van der Waals surface area contributed by atoms with E-state index in [-0.39, 0.29) is 0 Å². The average molecular weight is 192 g/mol. The van der Waals surface area contributed by atoms with E-state index in [2.05, 4.69) is 23.2 Å². The SMILES string of the molecule is Cc1nccc2snc(C(C)C)c12. The third-order valence-corrected chi connectivity index (χ3v) is 2.97. The second kappa shape index (κ2) is 3.07. The molecule has 0 fully saturated rings. The topological polar surface area (TPSA) is 25.8 Å². The zero-order valence-corrected chi connectivity index (χ0v) is 8.85. The third-order valence-electron chi connectivity index (χ3n) is 2.15. The van der Waals surface area contributed by atoms with Crippen LogP contribution in [0.5, 0.6) is 0 Å². The predicted octanol–water partition coefficient (Wildman–Crippen LogP) is 3.12. The summed E-state index contributed by atoms with van der Waals surface area (Å²) in [6.07, 6.45) is 1.85. The summed E-state index contributed by atoms with van der Waals surface area (Å²) in [4.78, 5) is 4.29. The summed E-state index contributed by atoms with van der Waals surface area (Å²) in [6.45, 7) is 6.38. The third kappa shape index (κ3) is 1.33. The van der Waals surface area contributed by atoms with Crippen LogP contribution in [-0.4, -0.2) is 9.36 Å². The van der Waals surface area contributed by atoms with E-state index in [0.29, 0.717) is 5.92 Å². The molecule has 0 unspecified atom stereocenters. The van der Waals surface area contributed by atoms with Gasteiger partial charge in [0.1, 0.15) is 0 Å². The maximum atomic E-state index is 4.46. The van der Waals surface area contributed by atoms with Crippen molar-refractivity contribution in [1.82, 2.24) is 9.36 Å². The number of fused-ring (bicyclic) bond motifs is 1. The van der Waals surface area contributed by atoms with Crippen LogP contribution in [0.2, 0.25) is 0 Å². The van der Waals surface area contributed by atoms with Crippen molar-refractivity contribution in [2.24, 2.45) is 0 Å². The first-order valence-corrected chi connectivity index (χ1v) is 5.18. The van der Waals surface area contributed by atoms with Crippen LogP contribution in [0.15, 0.2) is 12.3 Å². The van der Waals surface area contributed by atoms with Gasteiger partial charge in [0.05, 0.1) is 10.4 Å². The predicted molar refractivity (Wildman–Crippen MR) is 56.2 cm³/mol. The minimum absolute atomic E-state index is 0.483. The summed E-state index contributed by atoms with van der Waals surface area (Å²) in [5, 5.41) is 1.25. The highest BCUT2D eigenvalue weighted by Gasteiger charge is 2.11. The molecule has 0 spiro atoms. The van der Waals surface area contributed by atoms with Crippen molar-refractivity contribution in [2.45, 2.75) is 26.7 Å². The highest BCUT2D eigenvalue weighted by molar-refractivity contribution is 7.13. The number of hydrogen-bond donors (Lipinski definition) is 0. The van der Waals surface area contributed by atoms with Crippen LogP contribution in [-0.2, 0) is 0 Å². The van der Waals surface area contributed by atoms with Gasteiger partial charge in [-0.15, -0.1) is 0 Å². The van der Waals surface area contributed by atoms with Crippen molar-refractivity contribution >= 4 is 21.6 Å². The highest BCUT2D eigenvalue weighted by atomic mass is 32.1. The molecule has 0 N–H and O–H groups in total. The lowest BCUT2D eigenvalue weighted by Gasteiger charge is -2.01. The first-order chi connectivity index (χ1) is 6.20. The van der Waals surface area contributed by atoms with E-state index in [1.807, 2.05) is 19.2 Å². The molecular weight excluding hydrogens is 180 g/mol. The van der Waals surface area contributed by atoms with Gasteiger partial charge in [0, 0.05) is 17.3 Å². The van der Waals surface area contributed by atoms with Gasteiger partial charge in [0.15, 0.2) is 0 Å². The molecular formula is C10H12N2S. The fourth-order valence-corrected chi connectivity index (χ4v) is 2.43. The summed E-state index contributed by atoms with van der Waals surface area (Å²) in [6, 6.07) is 2.03. The molecule has 0 saturated heterocycles. The molecule has 2 heterocycles. The van der Waals surface area contributed by atoms with Gasteiger partial charge in [-0.25, -0.2) is 0 Å². The van der Waals surface area contributed by atoms with Gasteiger partial charge in [-0.1, -0.05) is 13.8 Å². The number of hydrogen-bond acceptors (Lipinski definition) is 3. The minimum Gasteiger partial charge on any atom is -0.261 e. The Hall–Kier alpha value is -0.960. The zero-order valence-electron chi connectivity index (χ0n) is 8.03. The van der Waals surface area contributed by atoms with E-state index in [1.54, 1.807) is 11.5 Å². The van der Waals surface area contributed by atoms with Crippen LogP contribution < -0.4 is 0 Å². The molecule has 0 saturated carbocycles. The summed E-state index contributed by atoms with van der Waals surface area (Å²) in [5.41, 5.74) is 2.28. The van der Waals surface area contributed by atoms with Crippen LogP contribution in [0, 0.1) is 6.92 Å². The van der Waals surface area contributed by atoms with E-state index in [1.165, 1.54) is 15.8 Å². The Morgan fingerprint density at radius 2 is 2.15 bits per heavy atom. The summed E-state index contributed by atoms with van der Waals surface area (Å²) in [5.74, 6) is 0.483. The maximum absolute atomic E-state index is 4.46. The van der Waals surface area contributed by atoms with Gasteiger partial charge < -0.3 is 0 Å². The smallest absolute Gasteiger partial charge is 0.0664 e. The van der Waals surface area contributed by atoms with Crippen LogP contribution in [0.3, 0.4) is 0 Å². The standard InChI is InChI=1S/C10H12N2S/c1-6(2)10-9-7(3)11-5-4-8(9)13-12-10/h4-6H,1-3H3. The van der Waals surface area contributed by atoms with Crippen molar-refractivity contribution in [1.29, 1.82) is 0 Å². The molecule has 0 aliphatic heterocycles. The number of pyridine rings is 1. The van der Waals surface area contributed by atoms with Gasteiger partial charge in [0.2, 0.25) is 0 Å². The van der Waals surface area contributed by atoms with Crippen LogP contribution in [0.1, 0.15) is 31.2 Å². The van der Waals surface area contributed by atoms with Crippen molar-refractivity contribution in [3.05, 3.63) is 23.7 Å². The normalized spacial score (nSPS) is 11.4. The molecule has 2 nitrogen and oxygen atoms in total.